The summed E-state index contributed by atoms with van der Waals surface area (Å²) in [7, 11) is 4.11. The van der Waals surface area contributed by atoms with E-state index >= 15 is 0 Å². The van der Waals surface area contributed by atoms with E-state index < -0.39 is 17.5 Å². The third-order valence-electron chi connectivity index (χ3n) is 5.20. The number of benzene rings is 2. The highest BCUT2D eigenvalue weighted by atomic mass is 16.5. The average molecular weight is 422 g/mol. The molecule has 0 unspecified atom stereocenters. The predicted molar refractivity (Wildman–Crippen MR) is 114 cm³/mol. The molecule has 1 N–H and O–H groups in total. The fraction of sp³-hybridized carbons (Fsp3) is 0.208. The van der Waals surface area contributed by atoms with Gasteiger partial charge in [-0.2, -0.15) is 0 Å². The third kappa shape index (κ3) is 3.70. The molecular formula is C24H22O7. The minimum Gasteiger partial charge on any atom is -0.497 e. The van der Waals surface area contributed by atoms with Gasteiger partial charge in [-0.1, -0.05) is 18.2 Å². The van der Waals surface area contributed by atoms with Crippen LogP contribution in [0.3, 0.4) is 0 Å². The Labute approximate surface area is 179 Å². The molecule has 160 valence electrons. The molecule has 0 amide bonds. The number of Topliss-reactive ketones (excluding diaryl/α,β-unsaturated/α-hetero) is 2. The van der Waals surface area contributed by atoms with Gasteiger partial charge in [-0.3, -0.25) is 9.59 Å². The molecule has 0 spiro atoms. The Hall–Kier alpha value is -3.87. The Bertz CT molecular complexity index is 1150. The average Bonchev–Trinajstić information content (AvgIpc) is 2.75. The number of rotatable bonds is 6. The molecular weight excluding hydrogens is 400 g/mol. The second-order valence-electron chi connectivity index (χ2n) is 6.97. The predicted octanol–water partition coefficient (Wildman–Crippen LogP) is 3.80. The van der Waals surface area contributed by atoms with Crippen molar-refractivity contribution in [3.05, 3.63) is 70.2 Å². The van der Waals surface area contributed by atoms with Gasteiger partial charge < -0.3 is 19.3 Å². The normalized spacial score (nSPS) is 14.1. The van der Waals surface area contributed by atoms with Crippen molar-refractivity contribution < 1.29 is 33.7 Å². The molecule has 1 aliphatic rings. The second kappa shape index (κ2) is 8.47. The van der Waals surface area contributed by atoms with Crippen LogP contribution in [0.1, 0.15) is 28.4 Å². The lowest BCUT2D eigenvalue weighted by atomic mass is 9.84. The monoisotopic (exact) mass is 422 g/mol. The Kier molecular flexibility index (Phi) is 5.97. The number of hydrogen-bond acceptors (Lipinski definition) is 6. The van der Waals surface area contributed by atoms with Crippen molar-refractivity contribution in [3.8, 4) is 16.9 Å². The van der Waals surface area contributed by atoms with E-state index in [0.717, 1.165) is 0 Å². The van der Waals surface area contributed by atoms with Crippen molar-refractivity contribution in [2.75, 3.05) is 21.3 Å². The van der Waals surface area contributed by atoms with E-state index in [9.17, 15) is 19.5 Å². The Morgan fingerprint density at radius 3 is 1.90 bits per heavy atom. The largest absolute Gasteiger partial charge is 0.497 e. The van der Waals surface area contributed by atoms with E-state index in [4.69, 9.17) is 14.2 Å². The van der Waals surface area contributed by atoms with Crippen molar-refractivity contribution in [3.63, 3.8) is 0 Å². The standard InChI is InChI=1S/C24H22O7/c1-12-10-15(19-13(2)20(25)22(30-4)23(31-5)21(19)26)11-17(24(27)28)18(12)14-6-8-16(29-3)9-7-14/h6-11H,1-5H3,(H,27,28). The summed E-state index contributed by atoms with van der Waals surface area (Å²) in [4.78, 5) is 37.9. The summed E-state index contributed by atoms with van der Waals surface area (Å²) in [5, 5.41) is 9.89. The van der Waals surface area contributed by atoms with E-state index in [1.807, 2.05) is 0 Å². The number of aromatic carboxylic acids is 1. The topological polar surface area (TPSA) is 99.1 Å². The molecule has 0 aliphatic heterocycles. The number of carboxylic acid groups (broad SMARTS) is 1. The van der Waals surface area contributed by atoms with Crippen LogP contribution in [0.2, 0.25) is 0 Å². The highest BCUT2D eigenvalue weighted by Gasteiger charge is 2.36. The number of allylic oxidation sites excluding steroid dienone is 2. The highest BCUT2D eigenvalue weighted by molar-refractivity contribution is 6.38. The number of aryl methyl sites for hydroxylation is 1. The second-order valence-corrected chi connectivity index (χ2v) is 6.97. The van der Waals surface area contributed by atoms with Crippen molar-refractivity contribution in [2.45, 2.75) is 13.8 Å². The van der Waals surface area contributed by atoms with Gasteiger partial charge >= 0.3 is 5.97 Å². The molecule has 0 radical (unpaired) electrons. The molecule has 0 saturated carbocycles. The van der Waals surface area contributed by atoms with Crippen LogP contribution in [0.4, 0.5) is 0 Å². The SMILES string of the molecule is COC1=C(OC)C(=O)C(c2cc(C)c(-c3ccc(OC)cc3)c(C(=O)O)c2)=C(C)C1=O. The zero-order chi connectivity index (χ0) is 22.9. The fourth-order valence-corrected chi connectivity index (χ4v) is 3.73. The summed E-state index contributed by atoms with van der Waals surface area (Å²) in [5.41, 5.74) is 2.45. The first kappa shape index (κ1) is 21.8. The van der Waals surface area contributed by atoms with E-state index in [1.54, 1.807) is 44.4 Å². The minimum absolute atomic E-state index is 0.0150. The van der Waals surface area contributed by atoms with Crippen molar-refractivity contribution in [1.82, 2.24) is 0 Å². The summed E-state index contributed by atoms with van der Waals surface area (Å²) >= 11 is 0. The molecule has 0 aromatic heterocycles. The lowest BCUT2D eigenvalue weighted by Crippen LogP contribution is -2.24. The van der Waals surface area contributed by atoms with Gasteiger partial charge in [-0.15, -0.1) is 0 Å². The molecule has 0 atom stereocenters. The molecule has 0 bridgehead atoms. The fourth-order valence-electron chi connectivity index (χ4n) is 3.73. The van der Waals surface area contributed by atoms with Gasteiger partial charge in [0, 0.05) is 11.1 Å². The lowest BCUT2D eigenvalue weighted by Gasteiger charge is -2.22. The highest BCUT2D eigenvalue weighted by Crippen LogP contribution is 2.36. The lowest BCUT2D eigenvalue weighted by molar-refractivity contribution is -0.119. The van der Waals surface area contributed by atoms with Gasteiger partial charge in [-0.25, -0.2) is 4.79 Å². The summed E-state index contributed by atoms with van der Waals surface area (Å²) < 4.78 is 15.3. The Morgan fingerprint density at radius 2 is 1.39 bits per heavy atom. The molecule has 0 fully saturated rings. The maximum atomic E-state index is 13.1. The maximum Gasteiger partial charge on any atom is 0.336 e. The number of carbonyl (C=O) groups excluding carboxylic acids is 2. The maximum absolute atomic E-state index is 13.1. The summed E-state index contributed by atoms with van der Waals surface area (Å²) in [6.07, 6.45) is 0. The van der Waals surface area contributed by atoms with Gasteiger partial charge in [0.15, 0.2) is 0 Å². The van der Waals surface area contributed by atoms with Crippen LogP contribution in [-0.4, -0.2) is 44.0 Å². The van der Waals surface area contributed by atoms with E-state index in [1.165, 1.54) is 27.2 Å². The smallest absolute Gasteiger partial charge is 0.336 e. The molecule has 1 aliphatic carbocycles. The molecule has 31 heavy (non-hydrogen) atoms. The van der Waals surface area contributed by atoms with Crippen LogP contribution in [0, 0.1) is 6.92 Å². The van der Waals surface area contributed by atoms with Gasteiger partial charge in [-0.05, 0) is 54.3 Å². The summed E-state index contributed by atoms with van der Waals surface area (Å²) in [6.45, 7) is 3.27. The van der Waals surface area contributed by atoms with Crippen molar-refractivity contribution >= 4 is 23.1 Å². The van der Waals surface area contributed by atoms with Crippen LogP contribution in [0.5, 0.6) is 5.75 Å². The minimum atomic E-state index is -1.15. The molecule has 7 heteroatoms. The van der Waals surface area contributed by atoms with Crippen LogP contribution in [0.25, 0.3) is 16.7 Å². The number of hydrogen-bond donors (Lipinski definition) is 1. The zero-order valence-corrected chi connectivity index (χ0v) is 17.9. The summed E-state index contributed by atoms with van der Waals surface area (Å²) in [5.74, 6) is -1.90. The van der Waals surface area contributed by atoms with Crippen LogP contribution >= 0.6 is 0 Å². The molecule has 0 heterocycles. The van der Waals surface area contributed by atoms with Crippen molar-refractivity contribution in [1.29, 1.82) is 0 Å². The van der Waals surface area contributed by atoms with Crippen molar-refractivity contribution in [2.24, 2.45) is 0 Å². The third-order valence-corrected chi connectivity index (χ3v) is 5.20. The van der Waals surface area contributed by atoms with Gasteiger partial charge in [0.1, 0.15) is 5.75 Å². The number of methoxy groups -OCH3 is 3. The Morgan fingerprint density at radius 1 is 0.806 bits per heavy atom. The van der Waals surface area contributed by atoms with Crippen LogP contribution < -0.4 is 4.74 Å². The van der Waals surface area contributed by atoms with E-state index in [-0.39, 0.29) is 28.2 Å². The van der Waals surface area contributed by atoms with Gasteiger partial charge in [0.05, 0.1) is 26.9 Å². The first-order valence-electron chi connectivity index (χ1n) is 9.40. The molecule has 2 aromatic rings. The first-order chi connectivity index (χ1) is 14.7. The molecule has 0 saturated heterocycles. The van der Waals surface area contributed by atoms with Crippen LogP contribution in [0.15, 0.2) is 53.5 Å². The van der Waals surface area contributed by atoms with Gasteiger partial charge in [0.2, 0.25) is 23.1 Å². The van der Waals surface area contributed by atoms with Crippen LogP contribution in [-0.2, 0) is 19.1 Å². The number of ether oxygens (including phenoxy) is 3. The molecule has 2 aromatic carbocycles. The number of ketones is 2. The quantitative estimate of drug-likeness (QED) is 0.707. The number of carboxylic acids is 1. The van der Waals surface area contributed by atoms with Gasteiger partial charge in [0.25, 0.3) is 0 Å². The first-order valence-corrected chi connectivity index (χ1v) is 9.40. The zero-order valence-electron chi connectivity index (χ0n) is 17.9. The van der Waals surface area contributed by atoms with E-state index in [2.05, 4.69) is 0 Å². The Balaban J connectivity index is 2.22. The molecule has 3 rings (SSSR count). The van der Waals surface area contributed by atoms with E-state index in [0.29, 0.717) is 28.0 Å². The molecule has 7 nitrogen and oxygen atoms in total. The summed E-state index contributed by atoms with van der Waals surface area (Å²) in [6, 6.07) is 10.1. The number of carbonyl (C=O) groups is 3.